The lowest BCUT2D eigenvalue weighted by Crippen LogP contribution is -2.08. The highest BCUT2D eigenvalue weighted by molar-refractivity contribution is 5.69. The van der Waals surface area contributed by atoms with Crippen LogP contribution in [0, 0.1) is 5.92 Å². The van der Waals surface area contributed by atoms with Crippen LogP contribution in [0.25, 0.3) is 6.08 Å². The van der Waals surface area contributed by atoms with Crippen molar-refractivity contribution >= 4 is 12.0 Å². The van der Waals surface area contributed by atoms with Crippen LogP contribution in [0.4, 0.5) is 0 Å². The van der Waals surface area contributed by atoms with E-state index in [9.17, 15) is 4.79 Å². The van der Waals surface area contributed by atoms with Crippen molar-refractivity contribution in [3.05, 3.63) is 41.0 Å². The lowest BCUT2D eigenvalue weighted by Gasteiger charge is -2.15. The van der Waals surface area contributed by atoms with Gasteiger partial charge in [-0.1, -0.05) is 37.3 Å². The van der Waals surface area contributed by atoms with Gasteiger partial charge in [0, 0.05) is 0 Å². The monoisotopic (exact) mass is 258 g/mol. The number of benzene rings is 1. The maximum absolute atomic E-state index is 10.7. The van der Waals surface area contributed by atoms with Gasteiger partial charge in [-0.05, 0) is 55.2 Å². The average molecular weight is 258 g/mol. The molecular formula is C17H22O2. The summed E-state index contributed by atoms with van der Waals surface area (Å²) in [5, 5.41) is 8.81. The molecule has 2 heteroatoms. The number of hydrogen-bond donors (Lipinski definition) is 1. The molecule has 0 aliphatic heterocycles. The smallest absolute Gasteiger partial charge is 0.306 e. The quantitative estimate of drug-likeness (QED) is 0.864. The van der Waals surface area contributed by atoms with Gasteiger partial charge in [0.2, 0.25) is 0 Å². The fraction of sp³-hybridized carbons (Fsp3) is 0.471. The summed E-state index contributed by atoms with van der Waals surface area (Å²) < 4.78 is 0. The maximum Gasteiger partial charge on any atom is 0.306 e. The van der Waals surface area contributed by atoms with Crippen molar-refractivity contribution in [3.8, 4) is 0 Å². The fourth-order valence-electron chi connectivity index (χ4n) is 2.55. The van der Waals surface area contributed by atoms with E-state index < -0.39 is 5.97 Å². The van der Waals surface area contributed by atoms with Crippen LogP contribution in [0.5, 0.6) is 0 Å². The Hall–Kier alpha value is -1.57. The summed E-state index contributed by atoms with van der Waals surface area (Å²) in [6.45, 7) is 1.76. The molecule has 1 unspecified atom stereocenters. The standard InChI is InChI=1S/C17H22O2/c1-13(17(18)19)6-2-3-7-14-10-11-15-8-4-5-9-16(15)12-14/h3,7,10-13H,2,4-6,8-9H2,1H3,(H,18,19)/b7-3+. The van der Waals surface area contributed by atoms with Crippen LogP contribution in [-0.2, 0) is 17.6 Å². The lowest BCUT2D eigenvalue weighted by molar-refractivity contribution is -0.141. The van der Waals surface area contributed by atoms with Crippen LogP contribution in [0.1, 0.15) is 49.3 Å². The molecule has 2 rings (SSSR count). The Morgan fingerprint density at radius 2 is 2.05 bits per heavy atom. The second kappa shape index (κ2) is 6.55. The number of aryl methyl sites for hydroxylation is 2. The predicted molar refractivity (Wildman–Crippen MR) is 78.2 cm³/mol. The highest BCUT2D eigenvalue weighted by Gasteiger charge is 2.09. The zero-order valence-electron chi connectivity index (χ0n) is 11.6. The molecule has 0 amide bonds. The van der Waals surface area contributed by atoms with Crippen LogP contribution in [0.3, 0.4) is 0 Å². The molecule has 0 fully saturated rings. The molecule has 1 aromatic rings. The summed E-state index contributed by atoms with van der Waals surface area (Å²) >= 11 is 0. The van der Waals surface area contributed by atoms with E-state index in [1.54, 1.807) is 6.92 Å². The van der Waals surface area contributed by atoms with Crippen molar-refractivity contribution < 1.29 is 9.90 Å². The summed E-state index contributed by atoms with van der Waals surface area (Å²) in [7, 11) is 0. The molecule has 0 spiro atoms. The maximum atomic E-state index is 10.7. The van der Waals surface area contributed by atoms with Crippen molar-refractivity contribution in [2.45, 2.75) is 45.4 Å². The second-order valence-electron chi connectivity index (χ2n) is 5.45. The fourth-order valence-corrected chi connectivity index (χ4v) is 2.55. The normalized spacial score (nSPS) is 16.3. The number of aliphatic carboxylic acids is 1. The Morgan fingerprint density at radius 3 is 2.79 bits per heavy atom. The molecule has 1 atom stereocenters. The minimum Gasteiger partial charge on any atom is -0.481 e. The molecule has 1 aliphatic rings. The van der Waals surface area contributed by atoms with E-state index in [2.05, 4.69) is 30.4 Å². The van der Waals surface area contributed by atoms with Gasteiger partial charge < -0.3 is 5.11 Å². The van der Waals surface area contributed by atoms with Gasteiger partial charge in [0.1, 0.15) is 0 Å². The molecule has 0 heterocycles. The number of fused-ring (bicyclic) bond motifs is 1. The largest absolute Gasteiger partial charge is 0.481 e. The first-order chi connectivity index (χ1) is 9.16. The van der Waals surface area contributed by atoms with Crippen LogP contribution < -0.4 is 0 Å². The SMILES string of the molecule is CC(CC/C=C/c1ccc2c(c1)CCCC2)C(=O)O. The van der Waals surface area contributed by atoms with Gasteiger partial charge >= 0.3 is 5.97 Å². The van der Waals surface area contributed by atoms with Gasteiger partial charge in [-0.15, -0.1) is 0 Å². The Bertz CT molecular complexity index is 474. The molecule has 0 bridgehead atoms. The molecule has 2 nitrogen and oxygen atoms in total. The van der Waals surface area contributed by atoms with Crippen molar-refractivity contribution in [1.82, 2.24) is 0 Å². The van der Waals surface area contributed by atoms with Crippen molar-refractivity contribution in [2.75, 3.05) is 0 Å². The van der Waals surface area contributed by atoms with Crippen LogP contribution in [0.15, 0.2) is 24.3 Å². The predicted octanol–water partition coefficient (Wildman–Crippen LogP) is 4.08. The van der Waals surface area contributed by atoms with Gasteiger partial charge in [0.25, 0.3) is 0 Å². The van der Waals surface area contributed by atoms with Crippen LogP contribution in [-0.4, -0.2) is 11.1 Å². The van der Waals surface area contributed by atoms with E-state index in [1.807, 2.05) is 0 Å². The van der Waals surface area contributed by atoms with Crippen LogP contribution in [0.2, 0.25) is 0 Å². The van der Waals surface area contributed by atoms with Gasteiger partial charge in [-0.3, -0.25) is 4.79 Å². The molecule has 0 saturated carbocycles. The molecule has 1 N–H and O–H groups in total. The van der Waals surface area contributed by atoms with E-state index in [0.717, 1.165) is 6.42 Å². The molecular weight excluding hydrogens is 236 g/mol. The number of carboxylic acid groups (broad SMARTS) is 1. The van der Waals surface area contributed by atoms with Gasteiger partial charge in [-0.25, -0.2) is 0 Å². The van der Waals surface area contributed by atoms with E-state index in [1.165, 1.54) is 42.4 Å². The van der Waals surface area contributed by atoms with Crippen LogP contribution >= 0.6 is 0 Å². The first kappa shape index (κ1) is 13.9. The van der Waals surface area contributed by atoms with Gasteiger partial charge in [0.15, 0.2) is 0 Å². The van der Waals surface area contributed by atoms with E-state index >= 15 is 0 Å². The molecule has 0 aromatic heterocycles. The third-order valence-electron chi connectivity index (χ3n) is 3.87. The summed E-state index contributed by atoms with van der Waals surface area (Å²) in [4.78, 5) is 10.7. The third-order valence-corrected chi connectivity index (χ3v) is 3.87. The topological polar surface area (TPSA) is 37.3 Å². The summed E-state index contributed by atoms with van der Waals surface area (Å²) in [5.41, 5.74) is 4.24. The number of hydrogen-bond acceptors (Lipinski definition) is 1. The van der Waals surface area contributed by atoms with Crippen molar-refractivity contribution in [1.29, 1.82) is 0 Å². The number of rotatable bonds is 5. The third kappa shape index (κ3) is 3.95. The Labute approximate surface area is 115 Å². The molecule has 1 aliphatic carbocycles. The van der Waals surface area contributed by atoms with E-state index in [0.29, 0.717) is 6.42 Å². The zero-order chi connectivity index (χ0) is 13.7. The molecule has 0 saturated heterocycles. The molecule has 19 heavy (non-hydrogen) atoms. The zero-order valence-corrected chi connectivity index (χ0v) is 11.6. The first-order valence-electron chi connectivity index (χ1n) is 7.18. The number of allylic oxidation sites excluding steroid dienone is 1. The lowest BCUT2D eigenvalue weighted by atomic mass is 9.90. The van der Waals surface area contributed by atoms with Crippen molar-refractivity contribution in [3.63, 3.8) is 0 Å². The Balaban J connectivity index is 1.90. The van der Waals surface area contributed by atoms with Crippen molar-refractivity contribution in [2.24, 2.45) is 5.92 Å². The first-order valence-corrected chi connectivity index (χ1v) is 7.18. The highest BCUT2D eigenvalue weighted by Crippen LogP contribution is 2.22. The molecule has 102 valence electrons. The summed E-state index contributed by atoms with van der Waals surface area (Å²) in [5.74, 6) is -0.963. The second-order valence-corrected chi connectivity index (χ2v) is 5.45. The van der Waals surface area contributed by atoms with E-state index in [-0.39, 0.29) is 5.92 Å². The Kier molecular flexibility index (Phi) is 4.78. The minimum absolute atomic E-state index is 0.256. The summed E-state index contributed by atoms with van der Waals surface area (Å²) in [6, 6.07) is 6.70. The van der Waals surface area contributed by atoms with Gasteiger partial charge in [0.05, 0.1) is 5.92 Å². The average Bonchev–Trinajstić information content (AvgIpc) is 2.43. The number of carboxylic acids is 1. The molecule has 0 radical (unpaired) electrons. The summed E-state index contributed by atoms with van der Waals surface area (Å²) in [6.07, 6.45) is 10.8. The molecule has 1 aromatic carbocycles. The number of carbonyl (C=O) groups is 1. The van der Waals surface area contributed by atoms with Gasteiger partial charge in [-0.2, -0.15) is 0 Å². The minimum atomic E-state index is -0.706. The highest BCUT2D eigenvalue weighted by atomic mass is 16.4. The van der Waals surface area contributed by atoms with E-state index in [4.69, 9.17) is 5.11 Å². The Morgan fingerprint density at radius 1 is 1.32 bits per heavy atom.